The van der Waals surface area contributed by atoms with E-state index in [-0.39, 0.29) is 43.4 Å². The van der Waals surface area contributed by atoms with Gasteiger partial charge in [0.15, 0.2) is 24.6 Å². The van der Waals surface area contributed by atoms with Gasteiger partial charge in [-0.25, -0.2) is 4.79 Å². The summed E-state index contributed by atoms with van der Waals surface area (Å²) in [5.74, 6) is -5.80. The summed E-state index contributed by atoms with van der Waals surface area (Å²) in [7, 11) is -1.18. The summed E-state index contributed by atoms with van der Waals surface area (Å²) >= 11 is 0. The van der Waals surface area contributed by atoms with Gasteiger partial charge in [-0.1, -0.05) is 71.9 Å². The summed E-state index contributed by atoms with van der Waals surface area (Å²) in [6, 6.07) is 12.5. The number of rotatable bonds is 18. The number of benzene rings is 2. The molecule has 0 radical (unpaired) electrons. The number of hydrogen-bond acceptors (Lipinski definition) is 17. The molecule has 0 unspecified atom stereocenters. The molecule has 1 amide bonds. The molecule has 18 nitrogen and oxygen atoms in total. The van der Waals surface area contributed by atoms with Crippen molar-refractivity contribution in [3.8, 4) is 11.5 Å². The molecule has 0 aliphatic carbocycles. The van der Waals surface area contributed by atoms with Crippen LogP contribution in [-0.4, -0.2) is 132 Å². The van der Waals surface area contributed by atoms with Crippen molar-refractivity contribution >= 4 is 43.9 Å². The van der Waals surface area contributed by atoms with Gasteiger partial charge in [-0.05, 0) is 43.7 Å². The Morgan fingerprint density at radius 3 is 1.80 bits per heavy atom. The fourth-order valence-electron chi connectivity index (χ4n) is 8.52. The molecule has 0 spiro atoms. The first-order chi connectivity index (χ1) is 32.3. The summed E-state index contributed by atoms with van der Waals surface area (Å²) in [6.07, 6.45) is -22.4. The Labute approximate surface area is 399 Å². The van der Waals surface area contributed by atoms with E-state index in [1.54, 1.807) is 30.3 Å². The minimum Gasteiger partial charge on any atom is -0.497 e. The number of amides is 1. The van der Waals surface area contributed by atoms with Crippen LogP contribution >= 0.6 is 0 Å². The highest BCUT2D eigenvalue weighted by atomic mass is 28.4. The van der Waals surface area contributed by atoms with Crippen LogP contribution in [0.4, 0.5) is 13.2 Å². The molecular formula is C47H62F3NO17Si. The van der Waals surface area contributed by atoms with E-state index in [0.29, 0.717) is 11.3 Å². The Bertz CT molecular complexity index is 2100. The van der Waals surface area contributed by atoms with E-state index >= 15 is 0 Å². The molecule has 0 bridgehead atoms. The van der Waals surface area contributed by atoms with Gasteiger partial charge < -0.3 is 66.4 Å². The molecule has 0 saturated carbocycles. The second kappa shape index (κ2) is 22.8. The van der Waals surface area contributed by atoms with Crippen molar-refractivity contribution in [3.63, 3.8) is 0 Å². The second-order valence-corrected chi connectivity index (χ2v) is 23.7. The van der Waals surface area contributed by atoms with Crippen molar-refractivity contribution in [2.45, 2.75) is 165 Å². The number of fused-ring (bicyclic) bond motifs is 1. The van der Waals surface area contributed by atoms with Gasteiger partial charge in [0.05, 0.1) is 40.3 Å². The standard InChI is InChI=1S/C47H62F3NO17Si/c1-26(52)16-22-32(54)64-38-37(60-24-28-14-12-11-13-15-28)40(65-33(55)23-17-27(2)53)43(67-39(38)41(56)59-10)66-36-34(51-44(57)47(48,49)50)42(62-30-20-18-29(58-9)19-21-30)63-31-25-61-69(45(3,4)5,46(6,7)8)68-35(31)36/h11-15,18-21,31,34-40,42-43H,16-17,22-25H2,1-10H3,(H,51,57)/t31-,34-,35+,36-,37+,38+,39-,40-,42-,43-/m1/s1. The van der Waals surface area contributed by atoms with Crippen molar-refractivity contribution < 1.29 is 93.4 Å². The first-order valence-corrected chi connectivity index (χ1v) is 24.2. The molecule has 3 aliphatic heterocycles. The highest BCUT2D eigenvalue weighted by Gasteiger charge is 2.66. The van der Waals surface area contributed by atoms with E-state index in [2.05, 4.69) is 0 Å². The number of hydrogen-bond donors (Lipinski definition) is 1. The molecule has 3 saturated heterocycles. The number of carbonyl (C=O) groups excluding carboxylic acids is 6. The largest absolute Gasteiger partial charge is 0.497 e. The highest BCUT2D eigenvalue weighted by molar-refractivity contribution is 6.73. The molecule has 3 fully saturated rings. The molecule has 69 heavy (non-hydrogen) atoms. The van der Waals surface area contributed by atoms with Crippen LogP contribution in [-0.2, 0) is 77.4 Å². The molecule has 2 aromatic rings. The van der Waals surface area contributed by atoms with Gasteiger partial charge in [0.1, 0.15) is 53.5 Å². The van der Waals surface area contributed by atoms with E-state index in [9.17, 15) is 41.9 Å². The van der Waals surface area contributed by atoms with E-state index in [1.807, 2.05) is 46.9 Å². The molecular weight excluding hydrogens is 936 g/mol. The Morgan fingerprint density at radius 2 is 1.28 bits per heavy atom. The maximum Gasteiger partial charge on any atom is 0.471 e. The summed E-state index contributed by atoms with van der Waals surface area (Å²) in [5.41, 5.74) is 0.557. The van der Waals surface area contributed by atoms with E-state index in [0.717, 1.165) is 7.11 Å². The zero-order valence-corrected chi connectivity index (χ0v) is 41.3. The smallest absolute Gasteiger partial charge is 0.471 e. The number of carbonyl (C=O) groups is 6. The monoisotopic (exact) mass is 997 g/mol. The predicted octanol–water partition coefficient (Wildman–Crippen LogP) is 5.73. The van der Waals surface area contributed by atoms with Gasteiger partial charge >= 0.3 is 38.6 Å². The lowest BCUT2D eigenvalue weighted by Crippen LogP contribution is -2.75. The van der Waals surface area contributed by atoms with Gasteiger partial charge in [0, 0.05) is 22.9 Å². The molecule has 3 aliphatic rings. The highest BCUT2D eigenvalue weighted by Crippen LogP contribution is 2.55. The van der Waals surface area contributed by atoms with Gasteiger partial charge in [-0.3, -0.25) is 14.4 Å². The van der Waals surface area contributed by atoms with Gasteiger partial charge in [0.2, 0.25) is 6.29 Å². The third-order valence-corrected chi connectivity index (χ3v) is 16.8. The Morgan fingerprint density at radius 1 is 0.710 bits per heavy atom. The van der Waals surface area contributed by atoms with Gasteiger partial charge in [-0.2, -0.15) is 13.2 Å². The zero-order chi connectivity index (χ0) is 51.1. The second-order valence-electron chi connectivity index (χ2n) is 19.0. The first-order valence-electron chi connectivity index (χ1n) is 22.4. The normalized spacial score (nSPS) is 26.9. The van der Waals surface area contributed by atoms with Crippen LogP contribution in [0.25, 0.3) is 0 Å². The molecule has 3 heterocycles. The van der Waals surface area contributed by atoms with E-state index in [4.69, 9.17) is 51.5 Å². The summed E-state index contributed by atoms with van der Waals surface area (Å²) in [6.45, 7) is 13.4. The first kappa shape index (κ1) is 55.0. The van der Waals surface area contributed by atoms with Crippen molar-refractivity contribution in [2.75, 3.05) is 20.8 Å². The number of alkyl halides is 3. The fourth-order valence-corrected chi connectivity index (χ4v) is 13.5. The Kier molecular flexibility index (Phi) is 18.2. The lowest BCUT2D eigenvalue weighted by molar-refractivity contribution is -0.343. The molecule has 22 heteroatoms. The Hall–Kier alpha value is -4.97. The summed E-state index contributed by atoms with van der Waals surface area (Å²) in [4.78, 5) is 78.1. The van der Waals surface area contributed by atoms with E-state index in [1.165, 1.54) is 45.2 Å². The third-order valence-electron chi connectivity index (χ3n) is 11.6. The fraction of sp³-hybridized carbons (Fsp3) is 0.617. The number of Topliss-reactive ketones (excluding diaryl/α,β-unsaturated/α-hetero) is 2. The van der Waals surface area contributed by atoms with Crippen molar-refractivity contribution in [1.82, 2.24) is 5.32 Å². The maximum atomic E-state index is 14.4. The number of ketones is 2. The third kappa shape index (κ3) is 13.7. The van der Waals surface area contributed by atoms with Crippen LogP contribution in [0.2, 0.25) is 10.1 Å². The van der Waals surface area contributed by atoms with Crippen LogP contribution < -0.4 is 14.8 Å². The van der Waals surface area contributed by atoms with E-state index < -0.39 is 123 Å². The molecule has 1 N–H and O–H groups in total. The molecule has 382 valence electrons. The number of esters is 3. The van der Waals surface area contributed by atoms with Crippen molar-refractivity contribution in [3.05, 3.63) is 60.2 Å². The van der Waals surface area contributed by atoms with Crippen molar-refractivity contribution in [1.29, 1.82) is 0 Å². The van der Waals surface area contributed by atoms with Crippen LogP contribution in [0.3, 0.4) is 0 Å². The SMILES string of the molecule is COC(=O)[C@@H]1O[C@@H](O[C@@H]2[C@@H](NC(=O)C(F)(F)F)[C@H](Oc3ccc(OC)cc3)O[C@@H]3CO[Si](C(C)(C)C)(C(C)(C)C)O[C@H]23)[C@H](OC(=O)CCC(C)=O)[C@@H](OCc2ccccc2)[C@@H]1OC(=O)CCC(C)=O. The maximum absolute atomic E-state index is 14.4. The minimum absolute atomic E-state index is 0.0655. The summed E-state index contributed by atoms with van der Waals surface area (Å²) in [5, 5.41) is 0.525. The average Bonchev–Trinajstić information content (AvgIpc) is 3.28. The summed E-state index contributed by atoms with van der Waals surface area (Å²) < 4.78 is 111. The van der Waals surface area contributed by atoms with Gasteiger partial charge in [0.25, 0.3) is 0 Å². The average molecular weight is 998 g/mol. The lowest BCUT2D eigenvalue weighted by atomic mass is 9.94. The number of halogens is 3. The number of methoxy groups -OCH3 is 2. The van der Waals surface area contributed by atoms with Crippen LogP contribution in [0.15, 0.2) is 54.6 Å². The topological polar surface area (TPSA) is 216 Å². The van der Waals surface area contributed by atoms with Gasteiger partial charge in [-0.15, -0.1) is 0 Å². The predicted molar refractivity (Wildman–Crippen MR) is 236 cm³/mol. The lowest BCUT2D eigenvalue weighted by Gasteiger charge is -2.58. The molecule has 0 aromatic heterocycles. The van der Waals surface area contributed by atoms with Crippen LogP contribution in [0, 0.1) is 0 Å². The van der Waals surface area contributed by atoms with Crippen LogP contribution in [0.5, 0.6) is 11.5 Å². The minimum atomic E-state index is -5.46. The number of nitrogens with one attached hydrogen (secondary N) is 1. The Balaban J connectivity index is 1.73. The number of ether oxygens (including phenoxy) is 9. The molecule has 5 rings (SSSR count). The van der Waals surface area contributed by atoms with Crippen LogP contribution in [0.1, 0.15) is 86.6 Å². The molecule has 10 atom stereocenters. The molecule has 2 aromatic carbocycles. The van der Waals surface area contributed by atoms with Crippen molar-refractivity contribution in [2.24, 2.45) is 0 Å². The zero-order valence-electron chi connectivity index (χ0n) is 40.3. The quantitative estimate of drug-likeness (QED) is 0.107.